The summed E-state index contributed by atoms with van der Waals surface area (Å²) >= 11 is 0. The zero-order valence-corrected chi connectivity index (χ0v) is 12.4. The quantitative estimate of drug-likeness (QED) is 0.308. The molecule has 27 heavy (non-hydrogen) atoms. The van der Waals surface area contributed by atoms with Crippen molar-refractivity contribution in [2.45, 2.75) is 24.2 Å². The SMILES string of the molecule is [C-]#[N+]c1ccc(/C(O)=C/C(=O)C(F)(C(F)(F)F)C(F)(F)F)cc1C(F)(F)F. The summed E-state index contributed by atoms with van der Waals surface area (Å²) in [5.41, 5.74) is -10.1. The molecule has 1 aromatic rings. The van der Waals surface area contributed by atoms with Crippen LogP contribution in [0.5, 0.6) is 0 Å². The van der Waals surface area contributed by atoms with E-state index < -0.39 is 58.6 Å². The number of aliphatic hydroxyl groups is 1. The molecule has 0 radical (unpaired) electrons. The molecule has 0 fully saturated rings. The molecule has 0 aliphatic heterocycles. The van der Waals surface area contributed by atoms with E-state index >= 15 is 0 Å². The monoisotopic (exact) mass is 409 g/mol. The molecule has 0 saturated carbocycles. The van der Waals surface area contributed by atoms with Gasteiger partial charge in [-0.25, -0.2) is 9.24 Å². The molecule has 1 aromatic carbocycles. The van der Waals surface area contributed by atoms with Crippen LogP contribution in [0, 0.1) is 6.57 Å². The fraction of sp³-hybridized carbons (Fsp3) is 0.286. The highest BCUT2D eigenvalue weighted by molar-refractivity contribution is 6.02. The van der Waals surface area contributed by atoms with Crippen LogP contribution in [0.4, 0.5) is 49.6 Å². The van der Waals surface area contributed by atoms with E-state index in [1.54, 1.807) is 0 Å². The Balaban J connectivity index is 3.49. The molecule has 0 aliphatic carbocycles. The molecule has 0 saturated heterocycles. The third kappa shape index (κ3) is 4.15. The molecule has 13 heteroatoms. The van der Waals surface area contributed by atoms with Crippen LogP contribution in [-0.2, 0) is 11.0 Å². The van der Waals surface area contributed by atoms with Gasteiger partial charge >= 0.3 is 24.2 Å². The molecule has 0 unspecified atom stereocenters. The number of nitrogens with zero attached hydrogens (tertiary/aromatic N) is 1. The van der Waals surface area contributed by atoms with Crippen molar-refractivity contribution in [2.75, 3.05) is 0 Å². The number of alkyl halides is 10. The molecule has 0 aromatic heterocycles. The number of carbonyl (C=O) groups is 1. The first kappa shape index (κ1) is 22.3. The van der Waals surface area contributed by atoms with Crippen LogP contribution in [0.25, 0.3) is 10.6 Å². The molecule has 1 rings (SSSR count). The van der Waals surface area contributed by atoms with Crippen LogP contribution in [0.1, 0.15) is 11.1 Å². The zero-order valence-electron chi connectivity index (χ0n) is 12.4. The third-order valence-corrected chi connectivity index (χ3v) is 3.11. The summed E-state index contributed by atoms with van der Waals surface area (Å²) in [4.78, 5) is 13.7. The van der Waals surface area contributed by atoms with Gasteiger partial charge in [0.25, 0.3) is 0 Å². The Morgan fingerprint density at radius 2 is 1.44 bits per heavy atom. The molecule has 148 valence electrons. The molecule has 0 amide bonds. The zero-order chi connectivity index (χ0) is 21.4. The maximum Gasteiger partial charge on any atom is 0.439 e. The molecule has 0 heterocycles. The summed E-state index contributed by atoms with van der Waals surface area (Å²) in [5, 5.41) is 9.43. The highest BCUT2D eigenvalue weighted by Crippen LogP contribution is 2.47. The van der Waals surface area contributed by atoms with Crippen LogP contribution in [0.15, 0.2) is 24.3 Å². The van der Waals surface area contributed by atoms with Gasteiger partial charge in [0, 0.05) is 11.6 Å². The topological polar surface area (TPSA) is 41.7 Å². The minimum atomic E-state index is -6.75. The Hall–Kier alpha value is -2.78. The maximum absolute atomic E-state index is 13.5. The summed E-state index contributed by atoms with van der Waals surface area (Å²) in [6.07, 6.45) is -19.5. The van der Waals surface area contributed by atoms with Crippen molar-refractivity contribution < 1.29 is 53.8 Å². The molecule has 0 aliphatic rings. The van der Waals surface area contributed by atoms with Gasteiger partial charge in [-0.15, -0.1) is 0 Å². The van der Waals surface area contributed by atoms with Gasteiger partial charge in [-0.2, -0.15) is 39.5 Å². The summed E-state index contributed by atoms with van der Waals surface area (Å²) < 4.78 is 126. The lowest BCUT2D eigenvalue weighted by Crippen LogP contribution is -2.58. The van der Waals surface area contributed by atoms with Crippen LogP contribution in [-0.4, -0.2) is 28.9 Å². The fourth-order valence-corrected chi connectivity index (χ4v) is 1.77. The summed E-state index contributed by atoms with van der Waals surface area (Å²) in [6, 6.07) is 0.978. The summed E-state index contributed by atoms with van der Waals surface area (Å²) in [5.74, 6) is -5.08. The van der Waals surface area contributed by atoms with Crippen molar-refractivity contribution in [3.05, 3.63) is 46.8 Å². The van der Waals surface area contributed by atoms with Crippen LogP contribution in [0.2, 0.25) is 0 Å². The van der Waals surface area contributed by atoms with Gasteiger partial charge in [0.1, 0.15) is 5.76 Å². The molecular weight excluding hydrogens is 404 g/mol. The standard InChI is InChI=1S/C14H5F10NO2/c1-25-8-3-2-6(4-7(8)12(16,17)18)9(26)5-10(27)11(15,13(19,20)21)14(22,23)24/h2-5,26H/b9-5-. The van der Waals surface area contributed by atoms with Gasteiger partial charge in [0.05, 0.1) is 12.1 Å². The molecule has 1 N–H and O–H groups in total. The van der Waals surface area contributed by atoms with Crippen molar-refractivity contribution in [3.8, 4) is 0 Å². The Morgan fingerprint density at radius 1 is 0.963 bits per heavy atom. The number of halogens is 10. The minimum Gasteiger partial charge on any atom is -0.507 e. The van der Waals surface area contributed by atoms with Gasteiger partial charge in [-0.1, -0.05) is 12.1 Å². The molecule has 0 bridgehead atoms. The average molecular weight is 409 g/mol. The maximum atomic E-state index is 13.5. The van der Waals surface area contributed by atoms with E-state index in [-0.39, 0.29) is 6.07 Å². The number of ketones is 1. The highest BCUT2D eigenvalue weighted by Gasteiger charge is 2.76. The molecule has 0 spiro atoms. The number of hydrogen-bond acceptors (Lipinski definition) is 2. The predicted molar refractivity (Wildman–Crippen MR) is 69.3 cm³/mol. The van der Waals surface area contributed by atoms with Gasteiger partial charge in [-0.05, 0) is 6.07 Å². The first-order valence-electron chi connectivity index (χ1n) is 6.33. The Kier molecular flexibility index (Phi) is 5.56. The Morgan fingerprint density at radius 3 is 1.81 bits per heavy atom. The second-order valence-electron chi connectivity index (χ2n) is 4.89. The lowest BCUT2D eigenvalue weighted by molar-refractivity contribution is -0.323. The third-order valence-electron chi connectivity index (χ3n) is 3.11. The molecule has 0 atom stereocenters. The van der Waals surface area contributed by atoms with Crippen LogP contribution in [0.3, 0.4) is 0 Å². The van der Waals surface area contributed by atoms with E-state index in [0.717, 1.165) is 0 Å². The minimum absolute atomic E-state index is 0.00752. The number of benzene rings is 1. The molecular formula is C14H5F10NO2. The Bertz CT molecular complexity index is 797. The van der Waals surface area contributed by atoms with E-state index in [0.29, 0.717) is 12.1 Å². The lowest BCUT2D eigenvalue weighted by atomic mass is 9.97. The first-order chi connectivity index (χ1) is 12.0. The van der Waals surface area contributed by atoms with E-state index in [9.17, 15) is 53.8 Å². The number of hydrogen-bond donors (Lipinski definition) is 1. The van der Waals surface area contributed by atoms with E-state index in [2.05, 4.69) is 4.85 Å². The van der Waals surface area contributed by atoms with Crippen molar-refractivity contribution >= 4 is 17.2 Å². The largest absolute Gasteiger partial charge is 0.507 e. The van der Waals surface area contributed by atoms with Crippen LogP contribution < -0.4 is 0 Å². The molecule has 3 nitrogen and oxygen atoms in total. The number of allylic oxidation sites excluding steroid dienone is 1. The fourth-order valence-electron chi connectivity index (χ4n) is 1.77. The van der Waals surface area contributed by atoms with Gasteiger partial charge in [0.15, 0.2) is 5.69 Å². The lowest BCUT2D eigenvalue weighted by Gasteiger charge is -2.27. The predicted octanol–water partition coefficient (Wildman–Crippen LogP) is 5.56. The number of aliphatic hydroxyl groups excluding tert-OH is 1. The van der Waals surface area contributed by atoms with Crippen molar-refractivity contribution in [2.24, 2.45) is 0 Å². The number of carbonyl (C=O) groups excluding carboxylic acids is 1. The van der Waals surface area contributed by atoms with Gasteiger partial charge in [-0.3, -0.25) is 4.79 Å². The van der Waals surface area contributed by atoms with Crippen molar-refractivity contribution in [1.29, 1.82) is 0 Å². The van der Waals surface area contributed by atoms with Crippen molar-refractivity contribution in [3.63, 3.8) is 0 Å². The van der Waals surface area contributed by atoms with E-state index in [4.69, 9.17) is 6.57 Å². The summed E-state index contributed by atoms with van der Waals surface area (Å²) in [6.45, 7) is 6.57. The van der Waals surface area contributed by atoms with E-state index in [1.807, 2.05) is 0 Å². The smallest absolute Gasteiger partial charge is 0.439 e. The van der Waals surface area contributed by atoms with Crippen LogP contribution >= 0.6 is 0 Å². The highest BCUT2D eigenvalue weighted by atomic mass is 19.4. The van der Waals surface area contributed by atoms with Gasteiger partial charge < -0.3 is 5.11 Å². The normalized spacial score (nSPS) is 14.0. The van der Waals surface area contributed by atoms with E-state index in [1.165, 1.54) is 0 Å². The number of rotatable bonds is 3. The summed E-state index contributed by atoms with van der Waals surface area (Å²) in [7, 11) is 0. The Labute approximate surface area is 143 Å². The van der Waals surface area contributed by atoms with Crippen molar-refractivity contribution in [1.82, 2.24) is 0 Å². The van der Waals surface area contributed by atoms with Gasteiger partial charge in [0.2, 0.25) is 5.78 Å². The average Bonchev–Trinajstić information content (AvgIpc) is 2.50. The second kappa shape index (κ2) is 6.75. The first-order valence-corrected chi connectivity index (χ1v) is 6.33. The second-order valence-corrected chi connectivity index (χ2v) is 4.89.